The zero-order valence-corrected chi connectivity index (χ0v) is 17.7. The van der Waals surface area contributed by atoms with Crippen molar-refractivity contribution in [1.82, 2.24) is 15.0 Å². The van der Waals surface area contributed by atoms with Crippen LogP contribution in [0.15, 0.2) is 60.0 Å². The van der Waals surface area contributed by atoms with E-state index in [1.807, 2.05) is 68.6 Å². The first-order valence-electron chi connectivity index (χ1n) is 9.49. The van der Waals surface area contributed by atoms with Gasteiger partial charge in [-0.05, 0) is 57.2 Å². The second-order valence-corrected chi connectivity index (χ2v) is 8.03. The van der Waals surface area contributed by atoms with E-state index in [1.54, 1.807) is 23.5 Å². The molecule has 0 atom stereocenters. The van der Waals surface area contributed by atoms with Crippen LogP contribution in [-0.4, -0.2) is 20.9 Å². The Morgan fingerprint density at radius 3 is 2.27 bits per heavy atom. The summed E-state index contributed by atoms with van der Waals surface area (Å²) in [7, 11) is 0. The number of nitrogens with one attached hydrogen (secondary N) is 2. The van der Waals surface area contributed by atoms with Crippen molar-refractivity contribution in [3.05, 3.63) is 81.9 Å². The van der Waals surface area contributed by atoms with Crippen LogP contribution < -0.4 is 10.6 Å². The first-order valence-corrected chi connectivity index (χ1v) is 10.4. The summed E-state index contributed by atoms with van der Waals surface area (Å²) in [5, 5.41) is 9.16. The highest BCUT2D eigenvalue weighted by Gasteiger charge is 2.09. The van der Waals surface area contributed by atoms with Crippen LogP contribution in [0.25, 0.3) is 11.3 Å². The molecular weight excluding hydrogens is 394 g/mol. The molecule has 2 aromatic heterocycles. The molecule has 4 aromatic rings. The van der Waals surface area contributed by atoms with Crippen LogP contribution in [0, 0.1) is 20.8 Å². The van der Waals surface area contributed by atoms with Crippen molar-refractivity contribution in [3.63, 3.8) is 0 Å². The summed E-state index contributed by atoms with van der Waals surface area (Å²) >= 11 is 1.62. The van der Waals surface area contributed by atoms with Crippen LogP contribution in [-0.2, 0) is 0 Å². The number of anilines is 3. The molecule has 150 valence electrons. The zero-order valence-electron chi connectivity index (χ0n) is 16.9. The number of hydrogen-bond donors (Lipinski definition) is 2. The molecule has 0 spiro atoms. The van der Waals surface area contributed by atoms with Gasteiger partial charge in [-0.1, -0.05) is 18.2 Å². The molecule has 0 unspecified atom stereocenters. The first kappa shape index (κ1) is 19.7. The topological polar surface area (TPSA) is 79.8 Å². The van der Waals surface area contributed by atoms with Crippen LogP contribution >= 0.6 is 11.3 Å². The van der Waals surface area contributed by atoms with Crippen molar-refractivity contribution in [2.75, 3.05) is 10.6 Å². The van der Waals surface area contributed by atoms with Gasteiger partial charge in [-0.25, -0.2) is 15.0 Å². The Balaban J connectivity index is 1.46. The molecule has 2 N–H and O–H groups in total. The standard InChI is InChI=1S/C23H21N5OS/c1-14-11-15(2)25-23(24-14)28-20-6-4-5-18(12-20)22(29)27-19-9-7-17(8-10-19)21-13-30-16(3)26-21/h4-13H,1-3H3,(H,27,29)(H,24,25,28). The molecule has 0 aliphatic heterocycles. The van der Waals surface area contributed by atoms with Gasteiger partial charge in [0, 0.05) is 39.3 Å². The maximum absolute atomic E-state index is 12.7. The second-order valence-electron chi connectivity index (χ2n) is 6.96. The Kier molecular flexibility index (Phi) is 5.54. The molecular formula is C23H21N5OS. The van der Waals surface area contributed by atoms with E-state index in [2.05, 4.69) is 25.6 Å². The van der Waals surface area contributed by atoms with Gasteiger partial charge >= 0.3 is 0 Å². The quantitative estimate of drug-likeness (QED) is 0.448. The number of benzene rings is 2. The molecule has 0 aliphatic rings. The number of aromatic nitrogens is 3. The summed E-state index contributed by atoms with van der Waals surface area (Å²) in [4.78, 5) is 26.0. The monoisotopic (exact) mass is 415 g/mol. The molecule has 30 heavy (non-hydrogen) atoms. The van der Waals surface area contributed by atoms with Crippen LogP contribution in [0.2, 0.25) is 0 Å². The Morgan fingerprint density at radius 1 is 0.867 bits per heavy atom. The van der Waals surface area contributed by atoms with Crippen LogP contribution in [0.4, 0.5) is 17.3 Å². The fourth-order valence-electron chi connectivity index (χ4n) is 3.07. The average Bonchev–Trinajstić information content (AvgIpc) is 3.14. The normalized spacial score (nSPS) is 10.6. The largest absolute Gasteiger partial charge is 0.324 e. The molecule has 0 fully saturated rings. The Hall–Kier alpha value is -3.58. The number of rotatable bonds is 5. The maximum Gasteiger partial charge on any atom is 0.255 e. The summed E-state index contributed by atoms with van der Waals surface area (Å²) in [5.74, 6) is 0.329. The molecule has 4 rings (SSSR count). The van der Waals surface area contributed by atoms with E-state index >= 15 is 0 Å². The van der Waals surface area contributed by atoms with Gasteiger partial charge in [-0.2, -0.15) is 0 Å². The van der Waals surface area contributed by atoms with Gasteiger partial charge in [0.2, 0.25) is 5.95 Å². The lowest BCUT2D eigenvalue weighted by Crippen LogP contribution is -2.12. The highest BCUT2D eigenvalue weighted by atomic mass is 32.1. The molecule has 1 amide bonds. The van der Waals surface area contributed by atoms with Gasteiger partial charge in [0.05, 0.1) is 10.7 Å². The van der Waals surface area contributed by atoms with Gasteiger partial charge in [-0.15, -0.1) is 11.3 Å². The van der Waals surface area contributed by atoms with E-state index in [0.717, 1.165) is 39.0 Å². The number of thiazole rings is 1. The molecule has 0 bridgehead atoms. The van der Waals surface area contributed by atoms with E-state index in [9.17, 15) is 4.79 Å². The number of hydrogen-bond acceptors (Lipinski definition) is 6. The highest BCUT2D eigenvalue weighted by Crippen LogP contribution is 2.23. The van der Waals surface area contributed by atoms with Gasteiger partial charge in [0.25, 0.3) is 5.91 Å². The smallest absolute Gasteiger partial charge is 0.255 e. The summed E-state index contributed by atoms with van der Waals surface area (Å²) in [5.41, 5.74) is 5.77. The lowest BCUT2D eigenvalue weighted by Gasteiger charge is -2.09. The molecule has 6 nitrogen and oxygen atoms in total. The molecule has 2 heterocycles. The third-order valence-corrected chi connectivity index (χ3v) is 5.19. The van der Waals surface area contributed by atoms with Crippen LogP contribution in [0.1, 0.15) is 26.8 Å². The zero-order chi connectivity index (χ0) is 21.1. The summed E-state index contributed by atoms with van der Waals surface area (Å²) < 4.78 is 0. The predicted octanol–water partition coefficient (Wildman–Crippen LogP) is 5.52. The van der Waals surface area contributed by atoms with Gasteiger partial charge in [0.15, 0.2) is 0 Å². The minimum Gasteiger partial charge on any atom is -0.324 e. The SMILES string of the molecule is Cc1cc(C)nc(Nc2cccc(C(=O)Nc3ccc(-c4csc(C)n4)cc3)c2)n1. The minimum atomic E-state index is -0.183. The van der Waals surface area contributed by atoms with Crippen molar-refractivity contribution in [2.24, 2.45) is 0 Å². The number of nitrogens with zero attached hydrogens (tertiary/aromatic N) is 3. The summed E-state index contributed by atoms with van der Waals surface area (Å²) in [6.07, 6.45) is 0. The maximum atomic E-state index is 12.7. The number of carbonyl (C=O) groups is 1. The van der Waals surface area contributed by atoms with E-state index in [-0.39, 0.29) is 5.91 Å². The van der Waals surface area contributed by atoms with Crippen molar-refractivity contribution < 1.29 is 4.79 Å². The number of aryl methyl sites for hydroxylation is 3. The summed E-state index contributed by atoms with van der Waals surface area (Å²) in [6.45, 7) is 5.83. The van der Waals surface area contributed by atoms with Crippen molar-refractivity contribution >= 4 is 34.6 Å². The molecule has 0 saturated heterocycles. The number of amides is 1. The molecule has 7 heteroatoms. The second kappa shape index (κ2) is 8.42. The molecule has 2 aromatic carbocycles. The summed E-state index contributed by atoms with van der Waals surface area (Å²) in [6, 6.07) is 16.9. The number of carbonyl (C=O) groups excluding carboxylic acids is 1. The van der Waals surface area contributed by atoms with Gasteiger partial charge in [0.1, 0.15) is 0 Å². The van der Waals surface area contributed by atoms with E-state index < -0.39 is 0 Å². The molecule has 0 aliphatic carbocycles. The predicted molar refractivity (Wildman–Crippen MR) is 121 cm³/mol. The lowest BCUT2D eigenvalue weighted by atomic mass is 10.1. The van der Waals surface area contributed by atoms with Crippen LogP contribution in [0.3, 0.4) is 0 Å². The minimum absolute atomic E-state index is 0.183. The van der Waals surface area contributed by atoms with E-state index in [0.29, 0.717) is 11.5 Å². The van der Waals surface area contributed by atoms with E-state index in [1.165, 1.54) is 0 Å². The van der Waals surface area contributed by atoms with Crippen molar-refractivity contribution in [3.8, 4) is 11.3 Å². The van der Waals surface area contributed by atoms with Crippen LogP contribution in [0.5, 0.6) is 0 Å². The Bertz CT molecular complexity index is 1180. The van der Waals surface area contributed by atoms with Crippen molar-refractivity contribution in [1.29, 1.82) is 0 Å². The Labute approximate surface area is 179 Å². The van der Waals surface area contributed by atoms with E-state index in [4.69, 9.17) is 0 Å². The lowest BCUT2D eigenvalue weighted by molar-refractivity contribution is 0.102. The molecule has 0 radical (unpaired) electrons. The fraction of sp³-hybridized carbons (Fsp3) is 0.130. The molecule has 0 saturated carbocycles. The first-order chi connectivity index (χ1) is 14.5. The Morgan fingerprint density at radius 2 is 1.60 bits per heavy atom. The van der Waals surface area contributed by atoms with Gasteiger partial charge < -0.3 is 10.6 Å². The average molecular weight is 416 g/mol. The highest BCUT2D eigenvalue weighted by molar-refractivity contribution is 7.09. The van der Waals surface area contributed by atoms with Crippen molar-refractivity contribution in [2.45, 2.75) is 20.8 Å². The van der Waals surface area contributed by atoms with Gasteiger partial charge in [-0.3, -0.25) is 4.79 Å². The third-order valence-electron chi connectivity index (χ3n) is 4.42. The fourth-order valence-corrected chi connectivity index (χ4v) is 3.69. The third kappa shape index (κ3) is 4.69.